The molecule has 3 nitrogen and oxygen atoms in total. The van der Waals surface area contributed by atoms with Gasteiger partial charge in [0.25, 0.3) is 0 Å². The van der Waals surface area contributed by atoms with E-state index in [1.807, 2.05) is 17.7 Å². The van der Waals surface area contributed by atoms with Crippen molar-refractivity contribution in [3.8, 4) is 0 Å². The van der Waals surface area contributed by atoms with E-state index in [4.69, 9.17) is 11.6 Å². The maximum absolute atomic E-state index is 13.5. The van der Waals surface area contributed by atoms with Gasteiger partial charge in [0.1, 0.15) is 5.82 Å². The second-order valence-corrected chi connectivity index (χ2v) is 4.37. The highest BCUT2D eigenvalue weighted by molar-refractivity contribution is 6.31. The van der Waals surface area contributed by atoms with Gasteiger partial charge in [0.2, 0.25) is 0 Å². The van der Waals surface area contributed by atoms with Crippen molar-refractivity contribution in [1.82, 2.24) is 14.9 Å². The molecule has 1 unspecified atom stereocenters. The smallest absolute Gasteiger partial charge is 0.142 e. The van der Waals surface area contributed by atoms with Crippen molar-refractivity contribution in [2.75, 3.05) is 7.05 Å². The molecule has 0 spiro atoms. The van der Waals surface area contributed by atoms with Crippen LogP contribution in [-0.2, 0) is 6.54 Å². The fraction of sp³-hybridized carbons (Fsp3) is 0.308. The number of nitrogens with one attached hydrogen (secondary N) is 1. The Labute approximate surface area is 111 Å². The van der Waals surface area contributed by atoms with Crippen LogP contribution in [0.25, 0.3) is 0 Å². The second-order valence-electron chi connectivity index (χ2n) is 3.99. The summed E-state index contributed by atoms with van der Waals surface area (Å²) in [5.41, 5.74) is 1.52. The lowest BCUT2D eigenvalue weighted by Crippen LogP contribution is -2.18. The molecule has 0 fully saturated rings. The van der Waals surface area contributed by atoms with Crippen molar-refractivity contribution >= 4 is 11.6 Å². The Morgan fingerprint density at radius 3 is 2.89 bits per heavy atom. The van der Waals surface area contributed by atoms with Crippen molar-refractivity contribution in [2.24, 2.45) is 0 Å². The zero-order valence-corrected chi connectivity index (χ0v) is 11.1. The Balaban J connectivity index is 2.41. The predicted octanol–water partition coefficient (Wildman–Crippen LogP) is 3.00. The first-order valence-corrected chi connectivity index (χ1v) is 6.18. The summed E-state index contributed by atoms with van der Waals surface area (Å²) in [6.07, 6.45) is 3.69. The summed E-state index contributed by atoms with van der Waals surface area (Å²) in [4.78, 5) is 4.32. The van der Waals surface area contributed by atoms with E-state index < -0.39 is 5.82 Å². The first kappa shape index (κ1) is 13.1. The highest BCUT2D eigenvalue weighted by Gasteiger charge is 2.19. The average molecular weight is 268 g/mol. The number of aromatic nitrogens is 2. The van der Waals surface area contributed by atoms with Crippen LogP contribution in [0.15, 0.2) is 30.7 Å². The number of imidazole rings is 1. The lowest BCUT2D eigenvalue weighted by molar-refractivity contribution is 0.614. The molecule has 0 aliphatic heterocycles. The third kappa shape index (κ3) is 2.40. The Morgan fingerprint density at radius 2 is 2.28 bits per heavy atom. The normalized spacial score (nSPS) is 12.7. The quantitative estimate of drug-likeness (QED) is 0.923. The van der Waals surface area contributed by atoms with Crippen LogP contribution in [0.5, 0.6) is 0 Å². The minimum Gasteiger partial charge on any atom is -0.337 e. The number of nitrogens with zero attached hydrogens (tertiary/aromatic N) is 2. The van der Waals surface area contributed by atoms with Crippen molar-refractivity contribution < 1.29 is 4.39 Å². The van der Waals surface area contributed by atoms with Crippen LogP contribution in [0.2, 0.25) is 5.02 Å². The van der Waals surface area contributed by atoms with Gasteiger partial charge in [-0.15, -0.1) is 0 Å². The fourth-order valence-corrected chi connectivity index (χ4v) is 2.14. The van der Waals surface area contributed by atoms with Gasteiger partial charge in [-0.1, -0.05) is 23.7 Å². The molecule has 2 rings (SSSR count). The van der Waals surface area contributed by atoms with Crippen LogP contribution in [0.1, 0.15) is 24.2 Å². The fourth-order valence-electron chi connectivity index (χ4n) is 1.91. The van der Waals surface area contributed by atoms with Crippen LogP contribution < -0.4 is 5.32 Å². The summed E-state index contributed by atoms with van der Waals surface area (Å²) in [5.74, 6) is -0.413. The third-order valence-corrected chi connectivity index (χ3v) is 3.29. The molecule has 1 N–H and O–H groups in total. The van der Waals surface area contributed by atoms with Gasteiger partial charge in [0.05, 0.1) is 23.1 Å². The first-order valence-electron chi connectivity index (χ1n) is 5.80. The molecule has 1 atom stereocenters. The number of hydrogen-bond donors (Lipinski definition) is 1. The SMILES string of the molecule is CCn1cnc(C(NC)c2cccc(F)c2Cl)c1. The van der Waals surface area contributed by atoms with E-state index in [0.29, 0.717) is 5.56 Å². The van der Waals surface area contributed by atoms with Gasteiger partial charge < -0.3 is 9.88 Å². The summed E-state index contributed by atoms with van der Waals surface area (Å²) in [5, 5.41) is 3.25. The van der Waals surface area contributed by atoms with E-state index in [-0.39, 0.29) is 11.1 Å². The summed E-state index contributed by atoms with van der Waals surface area (Å²) in [6.45, 7) is 2.88. The standard InChI is InChI=1S/C13H15ClFN3/c1-3-18-7-11(17-8-18)13(16-2)9-5-4-6-10(15)12(9)14/h4-8,13,16H,3H2,1-2H3. The molecule has 5 heteroatoms. The zero-order valence-electron chi connectivity index (χ0n) is 10.3. The topological polar surface area (TPSA) is 29.9 Å². The van der Waals surface area contributed by atoms with Crippen LogP contribution in [0.4, 0.5) is 4.39 Å². The van der Waals surface area contributed by atoms with Crippen molar-refractivity contribution in [2.45, 2.75) is 19.5 Å². The van der Waals surface area contributed by atoms with E-state index in [2.05, 4.69) is 10.3 Å². The molecule has 96 valence electrons. The Hall–Kier alpha value is -1.39. The largest absolute Gasteiger partial charge is 0.337 e. The molecule has 0 saturated heterocycles. The number of hydrogen-bond acceptors (Lipinski definition) is 2. The second kappa shape index (κ2) is 5.50. The van der Waals surface area contributed by atoms with Crippen LogP contribution >= 0.6 is 11.6 Å². The average Bonchev–Trinajstić information content (AvgIpc) is 2.84. The van der Waals surface area contributed by atoms with Crippen LogP contribution in [0.3, 0.4) is 0 Å². The van der Waals surface area contributed by atoms with Gasteiger partial charge in [-0.2, -0.15) is 0 Å². The summed E-state index contributed by atoms with van der Waals surface area (Å²) >= 11 is 6.01. The Bertz CT molecular complexity index is 539. The number of halogens is 2. The van der Waals surface area contributed by atoms with Crippen molar-refractivity contribution in [1.29, 1.82) is 0 Å². The summed E-state index contributed by atoms with van der Waals surface area (Å²) in [6, 6.07) is 4.60. The summed E-state index contributed by atoms with van der Waals surface area (Å²) in [7, 11) is 1.80. The van der Waals surface area contributed by atoms with E-state index in [0.717, 1.165) is 12.2 Å². The molecule has 1 aromatic carbocycles. The minimum atomic E-state index is -0.413. The highest BCUT2D eigenvalue weighted by atomic mass is 35.5. The maximum Gasteiger partial charge on any atom is 0.142 e. The molecule has 0 aliphatic rings. The van der Waals surface area contributed by atoms with Gasteiger partial charge >= 0.3 is 0 Å². The molecule has 0 bridgehead atoms. The van der Waals surface area contributed by atoms with Crippen LogP contribution in [0, 0.1) is 5.82 Å². The van der Waals surface area contributed by atoms with Gasteiger partial charge in [0, 0.05) is 12.7 Å². The first-order chi connectivity index (χ1) is 8.67. The molecule has 0 amide bonds. The van der Waals surface area contributed by atoms with Gasteiger partial charge in [0.15, 0.2) is 0 Å². The van der Waals surface area contributed by atoms with Crippen molar-refractivity contribution in [3.05, 3.63) is 52.8 Å². The monoisotopic (exact) mass is 267 g/mol. The maximum atomic E-state index is 13.5. The third-order valence-electron chi connectivity index (χ3n) is 2.90. The molecule has 0 radical (unpaired) electrons. The van der Waals surface area contributed by atoms with E-state index in [1.165, 1.54) is 6.07 Å². The van der Waals surface area contributed by atoms with Crippen molar-refractivity contribution in [3.63, 3.8) is 0 Å². The number of rotatable bonds is 4. The number of benzene rings is 1. The lowest BCUT2D eigenvalue weighted by Gasteiger charge is -2.16. The van der Waals surface area contributed by atoms with E-state index >= 15 is 0 Å². The zero-order chi connectivity index (χ0) is 13.1. The van der Waals surface area contributed by atoms with Gasteiger partial charge in [-0.25, -0.2) is 9.37 Å². The van der Waals surface area contributed by atoms with E-state index in [9.17, 15) is 4.39 Å². The molecule has 0 saturated carbocycles. The van der Waals surface area contributed by atoms with E-state index in [1.54, 1.807) is 25.5 Å². The highest BCUT2D eigenvalue weighted by Crippen LogP contribution is 2.29. The number of aryl methyl sites for hydroxylation is 1. The Kier molecular flexibility index (Phi) is 3.99. The molecular weight excluding hydrogens is 253 g/mol. The molecule has 1 aromatic heterocycles. The van der Waals surface area contributed by atoms with Gasteiger partial charge in [-0.3, -0.25) is 0 Å². The van der Waals surface area contributed by atoms with Gasteiger partial charge in [-0.05, 0) is 25.6 Å². The molecular formula is C13H15ClFN3. The summed E-state index contributed by atoms with van der Waals surface area (Å²) < 4.78 is 15.4. The predicted molar refractivity (Wildman–Crippen MR) is 70.2 cm³/mol. The molecule has 18 heavy (non-hydrogen) atoms. The minimum absolute atomic E-state index is 0.142. The molecule has 1 heterocycles. The lowest BCUT2D eigenvalue weighted by atomic mass is 10.0. The van der Waals surface area contributed by atoms with Crippen LogP contribution in [-0.4, -0.2) is 16.6 Å². The molecule has 2 aromatic rings. The Morgan fingerprint density at radius 1 is 1.50 bits per heavy atom. The molecule has 0 aliphatic carbocycles.